The van der Waals surface area contributed by atoms with Gasteiger partial charge in [-0.3, -0.25) is 4.79 Å². The van der Waals surface area contributed by atoms with Crippen LogP contribution in [0.4, 0.5) is 0 Å². The number of Topliss-reactive ketones (excluding diaryl/α,β-unsaturated/α-hetero) is 1. The molecule has 1 fully saturated rings. The fourth-order valence-electron chi connectivity index (χ4n) is 2.50. The maximum absolute atomic E-state index is 12.3. The van der Waals surface area contributed by atoms with Crippen LogP contribution in [0.5, 0.6) is 0 Å². The fourth-order valence-corrected chi connectivity index (χ4v) is 2.50. The molecular weight excluding hydrogens is 188 g/mol. The second kappa shape index (κ2) is 5.64. The van der Waals surface area contributed by atoms with E-state index in [1.54, 1.807) is 0 Å². The highest BCUT2D eigenvalue weighted by Gasteiger charge is 2.41. The van der Waals surface area contributed by atoms with Gasteiger partial charge in [0, 0.05) is 12.5 Å². The van der Waals surface area contributed by atoms with Gasteiger partial charge in [0.1, 0.15) is 5.60 Å². The van der Waals surface area contributed by atoms with Crippen LogP contribution >= 0.6 is 0 Å². The predicted octanol–water partition coefficient (Wildman–Crippen LogP) is 3.34. The smallest absolute Gasteiger partial charge is 0.167 e. The first kappa shape index (κ1) is 12.7. The molecule has 0 radical (unpaired) electrons. The van der Waals surface area contributed by atoms with E-state index in [-0.39, 0.29) is 5.92 Å². The van der Waals surface area contributed by atoms with E-state index in [2.05, 4.69) is 6.92 Å². The summed E-state index contributed by atoms with van der Waals surface area (Å²) in [5, 5.41) is 0. The van der Waals surface area contributed by atoms with Crippen LogP contribution in [0.15, 0.2) is 0 Å². The lowest BCUT2D eigenvalue weighted by atomic mass is 9.77. The Kier molecular flexibility index (Phi) is 4.78. The summed E-state index contributed by atoms with van der Waals surface area (Å²) in [5.74, 6) is 0.487. The molecule has 0 heterocycles. The predicted molar refractivity (Wildman–Crippen MR) is 61.9 cm³/mol. The third kappa shape index (κ3) is 2.81. The molecule has 2 nitrogen and oxygen atoms in total. The van der Waals surface area contributed by atoms with Crippen molar-refractivity contribution in [2.75, 3.05) is 6.61 Å². The largest absolute Gasteiger partial charge is 0.367 e. The molecule has 0 N–H and O–H groups in total. The molecule has 0 aromatic rings. The highest BCUT2D eigenvalue weighted by Crippen LogP contribution is 2.35. The van der Waals surface area contributed by atoms with E-state index in [0.717, 1.165) is 32.1 Å². The van der Waals surface area contributed by atoms with Crippen molar-refractivity contribution in [2.24, 2.45) is 5.92 Å². The van der Waals surface area contributed by atoms with E-state index in [1.807, 2.05) is 13.8 Å². The van der Waals surface area contributed by atoms with E-state index < -0.39 is 5.60 Å². The van der Waals surface area contributed by atoms with Gasteiger partial charge in [-0.2, -0.15) is 0 Å². The molecule has 0 saturated heterocycles. The average Bonchev–Trinajstić information content (AvgIpc) is 2.28. The van der Waals surface area contributed by atoms with Gasteiger partial charge in [0.2, 0.25) is 0 Å². The third-order valence-corrected chi connectivity index (χ3v) is 3.59. The van der Waals surface area contributed by atoms with Crippen LogP contribution in [-0.2, 0) is 9.53 Å². The minimum Gasteiger partial charge on any atom is -0.367 e. The second-order valence-electron chi connectivity index (χ2n) is 4.66. The quantitative estimate of drug-likeness (QED) is 0.698. The Hall–Kier alpha value is -0.370. The Morgan fingerprint density at radius 2 is 1.87 bits per heavy atom. The minimum absolute atomic E-state index is 0.148. The van der Waals surface area contributed by atoms with Gasteiger partial charge in [-0.05, 0) is 26.2 Å². The Balaban J connectivity index is 2.74. The first-order valence-corrected chi connectivity index (χ1v) is 6.34. The molecule has 0 aliphatic heterocycles. The SMILES string of the molecule is CCOC1(C(=O)C(C)CC)CCCCC1. The Bertz CT molecular complexity index is 199. The normalized spacial score (nSPS) is 22.3. The summed E-state index contributed by atoms with van der Waals surface area (Å²) in [5.41, 5.74) is -0.428. The fraction of sp³-hybridized carbons (Fsp3) is 0.923. The molecule has 0 bridgehead atoms. The molecule has 1 saturated carbocycles. The Morgan fingerprint density at radius 1 is 1.27 bits per heavy atom. The molecule has 0 amide bonds. The van der Waals surface area contributed by atoms with Gasteiger partial charge < -0.3 is 4.74 Å². The summed E-state index contributed by atoms with van der Waals surface area (Å²) < 4.78 is 5.81. The van der Waals surface area contributed by atoms with Gasteiger partial charge in [0.05, 0.1) is 0 Å². The number of ether oxygens (including phenoxy) is 1. The number of hydrogen-bond donors (Lipinski definition) is 0. The standard InChI is InChI=1S/C13H24O2/c1-4-11(3)12(14)13(15-5-2)9-7-6-8-10-13/h11H,4-10H2,1-3H3. The van der Waals surface area contributed by atoms with Crippen LogP contribution < -0.4 is 0 Å². The average molecular weight is 212 g/mol. The second-order valence-corrected chi connectivity index (χ2v) is 4.66. The van der Waals surface area contributed by atoms with Crippen molar-refractivity contribution in [3.05, 3.63) is 0 Å². The highest BCUT2D eigenvalue weighted by atomic mass is 16.5. The zero-order chi connectivity index (χ0) is 11.3. The summed E-state index contributed by atoms with van der Waals surface area (Å²) in [4.78, 5) is 12.3. The number of carbonyl (C=O) groups excluding carboxylic acids is 1. The van der Waals surface area contributed by atoms with Gasteiger partial charge in [0.25, 0.3) is 0 Å². The van der Waals surface area contributed by atoms with Gasteiger partial charge in [0.15, 0.2) is 5.78 Å². The van der Waals surface area contributed by atoms with Crippen molar-refractivity contribution < 1.29 is 9.53 Å². The Morgan fingerprint density at radius 3 is 2.33 bits per heavy atom. The monoisotopic (exact) mass is 212 g/mol. The van der Waals surface area contributed by atoms with Crippen molar-refractivity contribution >= 4 is 5.78 Å². The molecule has 1 aliphatic carbocycles. The molecule has 1 atom stereocenters. The third-order valence-electron chi connectivity index (χ3n) is 3.59. The summed E-state index contributed by atoms with van der Waals surface area (Å²) in [6.45, 7) is 6.74. The van der Waals surface area contributed by atoms with Crippen LogP contribution in [0.1, 0.15) is 59.3 Å². The molecule has 15 heavy (non-hydrogen) atoms. The molecule has 88 valence electrons. The van der Waals surface area contributed by atoms with E-state index in [0.29, 0.717) is 12.4 Å². The maximum atomic E-state index is 12.3. The topological polar surface area (TPSA) is 26.3 Å². The van der Waals surface area contributed by atoms with Crippen molar-refractivity contribution in [2.45, 2.75) is 64.9 Å². The van der Waals surface area contributed by atoms with Crippen molar-refractivity contribution in [3.63, 3.8) is 0 Å². The zero-order valence-corrected chi connectivity index (χ0v) is 10.3. The lowest BCUT2D eigenvalue weighted by molar-refractivity contribution is -0.152. The number of carbonyl (C=O) groups is 1. The van der Waals surface area contributed by atoms with Crippen molar-refractivity contribution in [1.29, 1.82) is 0 Å². The lowest BCUT2D eigenvalue weighted by Gasteiger charge is -2.37. The molecule has 1 unspecified atom stereocenters. The molecular formula is C13H24O2. The summed E-state index contributed by atoms with van der Waals surface area (Å²) in [6.07, 6.45) is 6.33. The minimum atomic E-state index is -0.428. The van der Waals surface area contributed by atoms with Crippen molar-refractivity contribution in [3.8, 4) is 0 Å². The van der Waals surface area contributed by atoms with Crippen LogP contribution in [0.2, 0.25) is 0 Å². The van der Waals surface area contributed by atoms with Crippen molar-refractivity contribution in [1.82, 2.24) is 0 Å². The van der Waals surface area contributed by atoms with E-state index in [1.165, 1.54) is 6.42 Å². The zero-order valence-electron chi connectivity index (χ0n) is 10.3. The number of rotatable bonds is 5. The van der Waals surface area contributed by atoms with Crippen LogP contribution in [0, 0.1) is 5.92 Å². The molecule has 2 heteroatoms. The molecule has 0 spiro atoms. The van der Waals surface area contributed by atoms with E-state index in [9.17, 15) is 4.79 Å². The first-order valence-electron chi connectivity index (χ1n) is 6.34. The van der Waals surface area contributed by atoms with Gasteiger partial charge >= 0.3 is 0 Å². The summed E-state index contributed by atoms with van der Waals surface area (Å²) >= 11 is 0. The summed E-state index contributed by atoms with van der Waals surface area (Å²) in [7, 11) is 0. The highest BCUT2D eigenvalue weighted by molar-refractivity contribution is 5.89. The van der Waals surface area contributed by atoms with Gasteiger partial charge in [-0.25, -0.2) is 0 Å². The molecule has 1 rings (SSSR count). The first-order chi connectivity index (χ1) is 7.16. The Labute approximate surface area is 93.4 Å². The lowest BCUT2D eigenvalue weighted by Crippen LogP contribution is -2.46. The molecule has 0 aromatic heterocycles. The van der Waals surface area contributed by atoms with Crippen LogP contribution in [0.25, 0.3) is 0 Å². The molecule has 1 aliphatic rings. The van der Waals surface area contributed by atoms with Crippen LogP contribution in [0.3, 0.4) is 0 Å². The number of hydrogen-bond acceptors (Lipinski definition) is 2. The van der Waals surface area contributed by atoms with E-state index in [4.69, 9.17) is 4.74 Å². The van der Waals surface area contributed by atoms with Gasteiger partial charge in [-0.1, -0.05) is 33.1 Å². The van der Waals surface area contributed by atoms with E-state index >= 15 is 0 Å². The van der Waals surface area contributed by atoms with Gasteiger partial charge in [-0.15, -0.1) is 0 Å². The molecule has 0 aromatic carbocycles. The maximum Gasteiger partial charge on any atom is 0.167 e. The van der Waals surface area contributed by atoms with Crippen LogP contribution in [-0.4, -0.2) is 18.0 Å². The summed E-state index contributed by atoms with van der Waals surface area (Å²) in [6, 6.07) is 0. The number of ketones is 1.